The summed E-state index contributed by atoms with van der Waals surface area (Å²) < 4.78 is 18.4. The van der Waals surface area contributed by atoms with Crippen LogP contribution in [0, 0.1) is 11.7 Å². The van der Waals surface area contributed by atoms with Crippen LogP contribution in [0.2, 0.25) is 0 Å². The molecule has 138 valence electrons. The number of carbonyl (C=O) groups excluding carboxylic acids is 2. The predicted octanol–water partition coefficient (Wildman–Crippen LogP) is 2.61. The Balaban J connectivity index is 1.69. The Hall–Kier alpha value is -2.15. The van der Waals surface area contributed by atoms with Gasteiger partial charge in [-0.3, -0.25) is 4.79 Å². The number of halogens is 1. The number of nitrogens with zero attached hydrogens (tertiary/aromatic N) is 1. The number of carbonyl (C=O) groups is 2. The molecule has 0 aromatic heterocycles. The summed E-state index contributed by atoms with van der Waals surface area (Å²) in [6, 6.07) is 5.53. The van der Waals surface area contributed by atoms with Gasteiger partial charge in [-0.05, 0) is 44.4 Å². The summed E-state index contributed by atoms with van der Waals surface area (Å²) >= 11 is 0. The van der Waals surface area contributed by atoms with E-state index in [1.54, 1.807) is 17.0 Å². The molecule has 0 saturated carbocycles. The molecule has 1 saturated heterocycles. The summed E-state index contributed by atoms with van der Waals surface area (Å²) in [5.41, 5.74) is 0.430. The maximum atomic E-state index is 13.2. The molecule has 1 aromatic rings. The molecule has 1 aliphatic rings. The van der Waals surface area contributed by atoms with Gasteiger partial charge in [0, 0.05) is 44.5 Å². The van der Waals surface area contributed by atoms with E-state index in [4.69, 9.17) is 4.74 Å². The summed E-state index contributed by atoms with van der Waals surface area (Å²) in [6.07, 6.45) is 2.07. The lowest BCUT2D eigenvalue weighted by Gasteiger charge is -2.31. The molecule has 7 heteroatoms. The number of benzene rings is 1. The zero-order valence-electron chi connectivity index (χ0n) is 14.6. The number of amides is 3. The minimum atomic E-state index is -0.391. The number of urea groups is 1. The van der Waals surface area contributed by atoms with Crippen LogP contribution in [0.3, 0.4) is 0 Å². The van der Waals surface area contributed by atoms with E-state index < -0.39 is 5.82 Å². The van der Waals surface area contributed by atoms with Gasteiger partial charge in [0.2, 0.25) is 5.91 Å². The van der Waals surface area contributed by atoms with Crippen molar-refractivity contribution in [2.75, 3.05) is 38.2 Å². The largest absolute Gasteiger partial charge is 0.382 e. The van der Waals surface area contributed by atoms with Crippen LogP contribution >= 0.6 is 0 Å². The number of piperidine rings is 1. The minimum Gasteiger partial charge on any atom is -0.382 e. The zero-order valence-corrected chi connectivity index (χ0v) is 14.6. The lowest BCUT2D eigenvalue weighted by atomic mass is 9.96. The second kappa shape index (κ2) is 9.98. The fourth-order valence-electron chi connectivity index (χ4n) is 2.79. The van der Waals surface area contributed by atoms with Crippen molar-refractivity contribution in [3.63, 3.8) is 0 Å². The first-order valence-electron chi connectivity index (χ1n) is 8.77. The van der Waals surface area contributed by atoms with Crippen LogP contribution in [-0.2, 0) is 9.53 Å². The van der Waals surface area contributed by atoms with Crippen molar-refractivity contribution in [3.8, 4) is 0 Å². The second-order valence-corrected chi connectivity index (χ2v) is 6.04. The van der Waals surface area contributed by atoms with Gasteiger partial charge in [-0.25, -0.2) is 9.18 Å². The third kappa shape index (κ3) is 6.34. The number of nitrogens with one attached hydrogen (secondary N) is 2. The van der Waals surface area contributed by atoms with Crippen molar-refractivity contribution < 1.29 is 18.7 Å². The van der Waals surface area contributed by atoms with Crippen molar-refractivity contribution in [1.82, 2.24) is 10.2 Å². The molecule has 3 amide bonds. The van der Waals surface area contributed by atoms with E-state index >= 15 is 0 Å². The Morgan fingerprint density at radius 3 is 2.76 bits per heavy atom. The summed E-state index contributed by atoms with van der Waals surface area (Å²) in [4.78, 5) is 26.0. The van der Waals surface area contributed by atoms with Gasteiger partial charge in [0.05, 0.1) is 0 Å². The molecule has 0 atom stereocenters. The van der Waals surface area contributed by atoms with Gasteiger partial charge in [-0.15, -0.1) is 0 Å². The molecular formula is C18H26FN3O3. The molecule has 1 fully saturated rings. The topological polar surface area (TPSA) is 70.7 Å². The third-order valence-electron chi connectivity index (χ3n) is 4.20. The van der Waals surface area contributed by atoms with Crippen LogP contribution < -0.4 is 10.6 Å². The second-order valence-electron chi connectivity index (χ2n) is 6.04. The normalized spacial score (nSPS) is 15.0. The van der Waals surface area contributed by atoms with Crippen LogP contribution in [0.4, 0.5) is 14.9 Å². The van der Waals surface area contributed by atoms with E-state index in [9.17, 15) is 14.0 Å². The van der Waals surface area contributed by atoms with Gasteiger partial charge in [-0.2, -0.15) is 0 Å². The first-order valence-corrected chi connectivity index (χ1v) is 8.77. The van der Waals surface area contributed by atoms with E-state index in [1.165, 1.54) is 12.1 Å². The smallest absolute Gasteiger partial charge is 0.321 e. The van der Waals surface area contributed by atoms with E-state index in [1.807, 2.05) is 6.92 Å². The lowest BCUT2D eigenvalue weighted by Crippen LogP contribution is -2.44. The van der Waals surface area contributed by atoms with Gasteiger partial charge in [0.1, 0.15) is 5.82 Å². The highest BCUT2D eigenvalue weighted by Gasteiger charge is 2.27. The molecular weight excluding hydrogens is 325 g/mol. The molecule has 1 heterocycles. The van der Waals surface area contributed by atoms with Crippen molar-refractivity contribution in [3.05, 3.63) is 30.1 Å². The lowest BCUT2D eigenvalue weighted by molar-refractivity contribution is -0.126. The quantitative estimate of drug-likeness (QED) is 0.742. The monoisotopic (exact) mass is 351 g/mol. The Kier molecular flexibility index (Phi) is 7.66. The number of rotatable bonds is 7. The van der Waals surface area contributed by atoms with Crippen molar-refractivity contribution in [2.45, 2.75) is 26.2 Å². The first-order chi connectivity index (χ1) is 12.1. The molecule has 0 spiro atoms. The number of likely N-dealkylation sites (tertiary alicyclic amines) is 1. The number of hydrogen-bond donors (Lipinski definition) is 2. The van der Waals surface area contributed by atoms with Crippen molar-refractivity contribution >= 4 is 17.6 Å². The van der Waals surface area contributed by atoms with Crippen molar-refractivity contribution in [1.29, 1.82) is 0 Å². The van der Waals surface area contributed by atoms with Crippen LogP contribution in [0.5, 0.6) is 0 Å². The highest BCUT2D eigenvalue weighted by molar-refractivity contribution is 5.89. The number of ether oxygens (including phenoxy) is 1. The van der Waals surface area contributed by atoms with Crippen LogP contribution in [0.15, 0.2) is 24.3 Å². The molecule has 1 aromatic carbocycles. The highest BCUT2D eigenvalue weighted by atomic mass is 19.1. The standard InChI is InChI=1S/C18H26FN3O3/c1-2-25-12-4-9-20-17(23)14-7-10-22(11-8-14)18(24)21-16-6-3-5-15(19)13-16/h3,5-6,13-14H,2,4,7-12H2,1H3,(H,20,23)(H,21,24). The predicted molar refractivity (Wildman–Crippen MR) is 93.8 cm³/mol. The third-order valence-corrected chi connectivity index (χ3v) is 4.20. The molecule has 0 unspecified atom stereocenters. The Morgan fingerprint density at radius 2 is 2.08 bits per heavy atom. The van der Waals surface area contributed by atoms with Crippen LogP contribution in [0.25, 0.3) is 0 Å². The molecule has 6 nitrogen and oxygen atoms in total. The summed E-state index contributed by atoms with van der Waals surface area (Å²) in [7, 11) is 0. The fourth-order valence-corrected chi connectivity index (χ4v) is 2.79. The van der Waals surface area contributed by atoms with Crippen LogP contribution in [-0.4, -0.2) is 49.7 Å². The van der Waals surface area contributed by atoms with E-state index in [2.05, 4.69) is 10.6 Å². The minimum absolute atomic E-state index is 0.0432. The maximum absolute atomic E-state index is 13.2. The first kappa shape index (κ1) is 19.2. The summed E-state index contributed by atoms with van der Waals surface area (Å²) in [5.74, 6) is -0.412. The van der Waals surface area contributed by atoms with Gasteiger partial charge >= 0.3 is 6.03 Å². The average molecular weight is 351 g/mol. The fraction of sp³-hybridized carbons (Fsp3) is 0.556. The molecule has 25 heavy (non-hydrogen) atoms. The number of hydrogen-bond acceptors (Lipinski definition) is 3. The maximum Gasteiger partial charge on any atom is 0.321 e. The Bertz CT molecular complexity index is 574. The Morgan fingerprint density at radius 1 is 1.32 bits per heavy atom. The molecule has 2 rings (SSSR count). The molecule has 2 N–H and O–H groups in total. The average Bonchev–Trinajstić information content (AvgIpc) is 2.61. The summed E-state index contributed by atoms with van der Waals surface area (Å²) in [6.45, 7) is 4.91. The van der Waals surface area contributed by atoms with Gasteiger partial charge < -0.3 is 20.3 Å². The zero-order chi connectivity index (χ0) is 18.1. The number of anilines is 1. The SMILES string of the molecule is CCOCCCNC(=O)C1CCN(C(=O)Nc2cccc(F)c2)CC1. The van der Waals surface area contributed by atoms with E-state index in [0.717, 1.165) is 6.42 Å². The summed E-state index contributed by atoms with van der Waals surface area (Å²) in [5, 5.41) is 5.60. The molecule has 0 aliphatic carbocycles. The highest BCUT2D eigenvalue weighted by Crippen LogP contribution is 2.19. The van der Waals surface area contributed by atoms with Gasteiger partial charge in [0.25, 0.3) is 0 Å². The molecule has 0 radical (unpaired) electrons. The van der Waals surface area contributed by atoms with E-state index in [0.29, 0.717) is 51.4 Å². The Labute approximate surface area is 147 Å². The van der Waals surface area contributed by atoms with Gasteiger partial charge in [-0.1, -0.05) is 6.07 Å². The molecule has 1 aliphatic heterocycles. The molecule has 0 bridgehead atoms. The van der Waals surface area contributed by atoms with E-state index in [-0.39, 0.29) is 17.9 Å². The van der Waals surface area contributed by atoms with Crippen LogP contribution in [0.1, 0.15) is 26.2 Å². The van der Waals surface area contributed by atoms with Gasteiger partial charge in [0.15, 0.2) is 0 Å². The van der Waals surface area contributed by atoms with Crippen molar-refractivity contribution in [2.24, 2.45) is 5.92 Å².